The van der Waals surface area contributed by atoms with E-state index < -0.39 is 0 Å². The Morgan fingerprint density at radius 2 is 0.464 bits per heavy atom. The summed E-state index contributed by atoms with van der Waals surface area (Å²) in [6.45, 7) is 0. The zero-order valence-electron chi connectivity index (χ0n) is 37.0. The lowest BCUT2D eigenvalue weighted by molar-refractivity contribution is -0.130. The van der Waals surface area contributed by atoms with Gasteiger partial charge < -0.3 is 0 Å². The molecule has 8 unspecified atom stereocenters. The maximum atomic E-state index is 3.28. The second-order valence-electron chi connectivity index (χ2n) is 23.6. The van der Waals surface area contributed by atoms with Crippen LogP contribution in [0.1, 0.15) is 244 Å². The lowest BCUT2D eigenvalue weighted by atomic mass is 9.43. The van der Waals surface area contributed by atoms with Crippen LogP contribution in [-0.2, 0) is 0 Å². The Balaban J connectivity index is 0.872. The Bertz CT molecular complexity index is 1040. The van der Waals surface area contributed by atoms with E-state index in [0.29, 0.717) is 0 Å². The van der Waals surface area contributed by atoms with E-state index in [0.717, 1.165) is 95.4 Å². The standard InChI is InChI=1S/C54H92N2/c1-5-19-43(20-6-1)55(44-21-7-2-8-22-44)47-33-29-39(30-34-47)53-49-27-15-13-17-41(49)38-52-51(53)37-42-18-14-16-28-50(42)54(52)40-31-35-48(36-32-40)56(45-23-9-3-10-24-45)46-25-11-4-12-26-46/h39-54H,1-38H2. The molecule has 2 nitrogen and oxygen atoms in total. The van der Waals surface area contributed by atoms with Gasteiger partial charge in [0.25, 0.3) is 0 Å². The fraction of sp³-hybridized carbons (Fsp3) is 1.00. The normalized spacial score (nSPS) is 44.2. The number of hydrogen-bond donors (Lipinski definition) is 0. The van der Waals surface area contributed by atoms with Crippen molar-refractivity contribution < 1.29 is 0 Å². The van der Waals surface area contributed by atoms with Gasteiger partial charge in [0.05, 0.1) is 0 Å². The van der Waals surface area contributed by atoms with Crippen LogP contribution in [0.15, 0.2) is 0 Å². The van der Waals surface area contributed by atoms with Gasteiger partial charge in [-0.05, 0) is 188 Å². The Morgan fingerprint density at radius 1 is 0.196 bits per heavy atom. The zero-order chi connectivity index (χ0) is 37.3. The van der Waals surface area contributed by atoms with Gasteiger partial charge >= 0.3 is 0 Å². The minimum Gasteiger partial charge on any atom is -0.294 e. The number of nitrogens with zero attached hydrogens (tertiary/aromatic N) is 2. The summed E-state index contributed by atoms with van der Waals surface area (Å²) in [6.07, 6.45) is 59.2. The van der Waals surface area contributed by atoms with E-state index in [1.807, 2.05) is 0 Å². The molecule has 0 aromatic carbocycles. The molecule has 0 spiro atoms. The molecule has 8 atom stereocenters. The van der Waals surface area contributed by atoms with Crippen molar-refractivity contribution in [2.45, 2.75) is 280 Å². The van der Waals surface area contributed by atoms with Gasteiger partial charge in [0, 0.05) is 36.3 Å². The van der Waals surface area contributed by atoms with Crippen molar-refractivity contribution in [1.82, 2.24) is 9.80 Å². The topological polar surface area (TPSA) is 6.48 Å². The van der Waals surface area contributed by atoms with Gasteiger partial charge in [0.15, 0.2) is 0 Å². The molecule has 10 aliphatic rings. The predicted octanol–water partition coefficient (Wildman–Crippen LogP) is 14.9. The Labute approximate surface area is 348 Å². The van der Waals surface area contributed by atoms with Crippen molar-refractivity contribution in [2.24, 2.45) is 59.2 Å². The van der Waals surface area contributed by atoms with Crippen molar-refractivity contribution in [3.8, 4) is 0 Å². The molecule has 10 rings (SSSR count). The molecule has 0 aromatic heterocycles. The second kappa shape index (κ2) is 18.9. The molecule has 0 saturated heterocycles. The highest BCUT2D eigenvalue weighted by Crippen LogP contribution is 2.64. The zero-order valence-corrected chi connectivity index (χ0v) is 37.0. The first-order valence-electron chi connectivity index (χ1n) is 27.3. The van der Waals surface area contributed by atoms with E-state index in [1.165, 1.54) is 128 Å². The van der Waals surface area contributed by atoms with Gasteiger partial charge in [0.2, 0.25) is 0 Å². The SMILES string of the molecule is C1CCC(N(C2CCCCC2)C2CCC(C3C4CCCCC4CC4C3CC3CCCCC3C4C3CCC(N(C4CCCCC4)C4CCCCC4)CC3)CC2)CC1. The number of fused-ring (bicyclic) bond motifs is 3. The molecule has 2 heteroatoms. The van der Waals surface area contributed by atoms with Crippen molar-refractivity contribution in [3.63, 3.8) is 0 Å². The van der Waals surface area contributed by atoms with E-state index in [2.05, 4.69) is 9.80 Å². The maximum Gasteiger partial charge on any atom is 0.0101 e. The third-order valence-corrected chi connectivity index (χ3v) is 21.0. The van der Waals surface area contributed by atoms with Gasteiger partial charge in [0.1, 0.15) is 0 Å². The lowest BCUT2D eigenvalue weighted by Crippen LogP contribution is -2.56. The molecule has 0 heterocycles. The largest absolute Gasteiger partial charge is 0.294 e. The van der Waals surface area contributed by atoms with E-state index in [1.54, 1.807) is 116 Å². The Morgan fingerprint density at radius 3 is 0.786 bits per heavy atom. The van der Waals surface area contributed by atoms with Crippen molar-refractivity contribution in [1.29, 1.82) is 0 Å². The molecule has 0 radical (unpaired) electrons. The van der Waals surface area contributed by atoms with Crippen LogP contribution in [0.3, 0.4) is 0 Å². The van der Waals surface area contributed by atoms with Gasteiger partial charge in [-0.3, -0.25) is 9.80 Å². The van der Waals surface area contributed by atoms with Crippen LogP contribution in [-0.4, -0.2) is 46.1 Å². The highest BCUT2D eigenvalue weighted by Gasteiger charge is 2.57. The van der Waals surface area contributed by atoms with Gasteiger partial charge in [-0.15, -0.1) is 0 Å². The van der Waals surface area contributed by atoms with Crippen LogP contribution in [0.2, 0.25) is 0 Å². The fourth-order valence-electron chi connectivity index (χ4n) is 18.9. The molecule has 0 aromatic rings. The first-order chi connectivity index (χ1) is 27.8. The summed E-state index contributed by atoms with van der Waals surface area (Å²) in [5.41, 5.74) is 0. The van der Waals surface area contributed by atoms with Crippen LogP contribution in [0.4, 0.5) is 0 Å². The summed E-state index contributed by atoms with van der Waals surface area (Å²) in [5, 5.41) is 0. The summed E-state index contributed by atoms with van der Waals surface area (Å²) in [5.74, 6) is 11.0. The summed E-state index contributed by atoms with van der Waals surface area (Å²) < 4.78 is 0. The number of rotatable bonds is 8. The predicted molar refractivity (Wildman–Crippen MR) is 237 cm³/mol. The van der Waals surface area contributed by atoms with Crippen LogP contribution < -0.4 is 0 Å². The number of hydrogen-bond acceptors (Lipinski definition) is 2. The van der Waals surface area contributed by atoms with E-state index in [4.69, 9.17) is 0 Å². The summed E-state index contributed by atoms with van der Waals surface area (Å²) in [6, 6.07) is 5.60. The van der Waals surface area contributed by atoms with Gasteiger partial charge in [-0.25, -0.2) is 0 Å². The Kier molecular flexibility index (Phi) is 13.5. The van der Waals surface area contributed by atoms with Crippen LogP contribution in [0.5, 0.6) is 0 Å². The van der Waals surface area contributed by atoms with Crippen molar-refractivity contribution in [3.05, 3.63) is 0 Å². The molecule has 0 N–H and O–H groups in total. The summed E-state index contributed by atoms with van der Waals surface area (Å²) >= 11 is 0. The third kappa shape index (κ3) is 8.42. The maximum absolute atomic E-state index is 3.28. The molecule has 0 bridgehead atoms. The lowest BCUT2D eigenvalue weighted by Gasteiger charge is -2.62. The second-order valence-corrected chi connectivity index (χ2v) is 23.6. The van der Waals surface area contributed by atoms with E-state index in [9.17, 15) is 0 Å². The molecule has 10 fully saturated rings. The molecule has 318 valence electrons. The van der Waals surface area contributed by atoms with E-state index in [-0.39, 0.29) is 0 Å². The molecule has 10 saturated carbocycles. The Hall–Kier alpha value is -0.0800. The third-order valence-electron chi connectivity index (χ3n) is 21.0. The van der Waals surface area contributed by atoms with Crippen LogP contribution in [0, 0.1) is 59.2 Å². The van der Waals surface area contributed by atoms with Crippen LogP contribution >= 0.6 is 0 Å². The van der Waals surface area contributed by atoms with E-state index >= 15 is 0 Å². The highest BCUT2D eigenvalue weighted by molar-refractivity contribution is 5.06. The van der Waals surface area contributed by atoms with Crippen LogP contribution in [0.25, 0.3) is 0 Å². The average molecular weight is 769 g/mol. The quantitative estimate of drug-likeness (QED) is 0.243. The minimum absolute atomic E-state index is 0.929. The highest BCUT2D eigenvalue weighted by atomic mass is 15.2. The minimum atomic E-state index is 0.929. The summed E-state index contributed by atoms with van der Waals surface area (Å²) in [4.78, 5) is 6.57. The summed E-state index contributed by atoms with van der Waals surface area (Å²) in [7, 11) is 0. The van der Waals surface area contributed by atoms with Gasteiger partial charge in [-0.1, -0.05) is 116 Å². The molecular formula is C54H92N2. The molecule has 56 heavy (non-hydrogen) atoms. The molecule has 10 aliphatic carbocycles. The van der Waals surface area contributed by atoms with Crippen molar-refractivity contribution in [2.75, 3.05) is 0 Å². The van der Waals surface area contributed by atoms with Gasteiger partial charge in [-0.2, -0.15) is 0 Å². The molecule has 0 amide bonds. The fourth-order valence-corrected chi connectivity index (χ4v) is 18.9. The molecular weight excluding hydrogens is 677 g/mol. The average Bonchev–Trinajstić information content (AvgIpc) is 3.27. The first-order valence-corrected chi connectivity index (χ1v) is 27.3. The first kappa shape index (κ1) is 40.0. The monoisotopic (exact) mass is 769 g/mol. The smallest absolute Gasteiger partial charge is 0.0101 e. The van der Waals surface area contributed by atoms with Crippen molar-refractivity contribution >= 4 is 0 Å². The molecule has 0 aliphatic heterocycles.